The Morgan fingerprint density at radius 3 is 2.45 bits per heavy atom. The highest BCUT2D eigenvalue weighted by Crippen LogP contribution is 2.62. The summed E-state index contributed by atoms with van der Waals surface area (Å²) in [6.07, 6.45) is 7.47. The lowest BCUT2D eigenvalue weighted by Gasteiger charge is -2.60. The maximum atomic E-state index is 10.7. The van der Waals surface area contributed by atoms with Crippen LogP contribution < -0.4 is 10.7 Å². The monoisotopic (exact) mass is 349 g/mol. The second kappa shape index (κ2) is 5.65. The molecule has 4 atom stereocenters. The van der Waals surface area contributed by atoms with E-state index in [1.54, 1.807) is 0 Å². The Labute approximate surface area is 135 Å². The molecule has 0 aromatic rings. The number of aliphatic hydroxyl groups is 1. The Balaban J connectivity index is 1.55. The van der Waals surface area contributed by atoms with Crippen LogP contribution in [0.5, 0.6) is 0 Å². The third-order valence-corrected chi connectivity index (χ3v) is 7.50. The van der Waals surface area contributed by atoms with E-state index in [4.69, 9.17) is 10.3 Å². The molecule has 126 valence electrons. The molecule has 4 fully saturated rings. The van der Waals surface area contributed by atoms with Gasteiger partial charge in [0.25, 0.3) is 5.84 Å². The molecule has 0 aliphatic heterocycles. The van der Waals surface area contributed by atoms with Crippen LogP contribution in [0.4, 0.5) is 0 Å². The molecular weight excluding hydrogens is 324 g/mol. The van der Waals surface area contributed by atoms with E-state index < -0.39 is 14.8 Å². The van der Waals surface area contributed by atoms with Crippen molar-refractivity contribution in [3.05, 3.63) is 0 Å². The van der Waals surface area contributed by atoms with E-state index >= 15 is 0 Å². The van der Waals surface area contributed by atoms with Crippen molar-refractivity contribution in [3.63, 3.8) is 0 Å². The predicted molar refractivity (Wildman–Crippen MR) is 85.7 cm³/mol. The summed E-state index contributed by atoms with van der Waals surface area (Å²) >= 11 is 0. The highest BCUT2D eigenvalue weighted by atomic mass is 33.1. The summed E-state index contributed by atoms with van der Waals surface area (Å²) < 4.78 is 30.0. The Morgan fingerprint density at radius 2 is 1.91 bits per heavy atom. The van der Waals surface area contributed by atoms with Gasteiger partial charge in [0.15, 0.2) is 0 Å². The van der Waals surface area contributed by atoms with Crippen LogP contribution in [-0.2, 0) is 9.15 Å². The smallest absolute Gasteiger partial charge is 0.320 e. The van der Waals surface area contributed by atoms with E-state index in [9.17, 15) is 13.5 Å². The number of nitrogens with one attached hydrogen (secondary N) is 1. The molecule has 6 nitrogen and oxygen atoms in total. The van der Waals surface area contributed by atoms with E-state index in [-0.39, 0.29) is 11.2 Å². The van der Waals surface area contributed by atoms with E-state index in [1.165, 1.54) is 19.3 Å². The Bertz CT molecular complexity index is 561. The van der Waals surface area contributed by atoms with E-state index in [0.29, 0.717) is 35.0 Å². The number of hydrogen-bond donors (Lipinski definition) is 4. The van der Waals surface area contributed by atoms with Gasteiger partial charge in [-0.15, -0.1) is 0 Å². The van der Waals surface area contributed by atoms with E-state index in [2.05, 4.69) is 4.99 Å². The number of rotatable bonds is 6. The molecule has 4 aliphatic carbocycles. The zero-order chi connectivity index (χ0) is 16.0. The average Bonchev–Trinajstić information content (AvgIpc) is 2.32. The zero-order valence-corrected chi connectivity index (χ0v) is 14.3. The molecule has 4 rings (SSSR count). The first kappa shape index (κ1) is 16.5. The van der Waals surface area contributed by atoms with Crippen LogP contribution >= 0.6 is 10.8 Å². The Kier molecular flexibility index (Phi) is 4.25. The minimum Gasteiger partial charge on any atom is -0.390 e. The van der Waals surface area contributed by atoms with Gasteiger partial charge in [-0.05, 0) is 62.2 Å². The topological polar surface area (TPSA) is 115 Å². The van der Waals surface area contributed by atoms with Crippen molar-refractivity contribution >= 4 is 25.8 Å². The molecule has 4 bridgehead atoms. The van der Waals surface area contributed by atoms with Gasteiger partial charge in [0.05, 0.1) is 12.1 Å². The molecule has 0 spiro atoms. The second-order valence-corrected chi connectivity index (χ2v) is 10.9. The summed E-state index contributed by atoms with van der Waals surface area (Å²) in [5.41, 5.74) is 5.52. The first-order valence-electron chi connectivity index (χ1n) is 7.87. The molecule has 0 heterocycles. The van der Waals surface area contributed by atoms with Crippen LogP contribution in [0.2, 0.25) is 0 Å². The number of hydrogen-bond acceptors (Lipinski definition) is 4. The molecule has 5 N–H and O–H groups in total. The molecule has 4 saturated carbocycles. The summed E-state index contributed by atoms with van der Waals surface area (Å²) in [7, 11) is -3.63. The summed E-state index contributed by atoms with van der Waals surface area (Å²) in [5, 5.41) is 10.7. The van der Waals surface area contributed by atoms with Crippen molar-refractivity contribution in [2.24, 2.45) is 23.0 Å². The maximum absolute atomic E-state index is 10.7. The fraction of sp³-hybridized carbons (Fsp3) is 0.929. The Morgan fingerprint density at radius 1 is 1.27 bits per heavy atom. The van der Waals surface area contributed by atoms with Crippen molar-refractivity contribution in [1.82, 2.24) is 0 Å². The maximum Gasteiger partial charge on any atom is 0.320 e. The van der Waals surface area contributed by atoms with Crippen LogP contribution in [0.1, 0.15) is 44.9 Å². The van der Waals surface area contributed by atoms with Gasteiger partial charge in [0, 0.05) is 10.8 Å². The lowest BCUT2D eigenvalue weighted by molar-refractivity contribution is -0.463. The molecule has 0 saturated heterocycles. The minimum absolute atomic E-state index is 0.0427. The van der Waals surface area contributed by atoms with Gasteiger partial charge in [-0.3, -0.25) is 15.3 Å². The minimum atomic E-state index is -4.05. The molecule has 0 aromatic heterocycles. The third-order valence-electron chi connectivity index (χ3n) is 5.52. The molecule has 0 aromatic carbocycles. The van der Waals surface area contributed by atoms with Crippen molar-refractivity contribution < 1.29 is 23.1 Å². The quantitative estimate of drug-likeness (QED) is 0.226. The fourth-order valence-electron chi connectivity index (χ4n) is 5.37. The molecule has 8 heteroatoms. The number of amidine groups is 1. The fourth-order valence-corrected chi connectivity index (χ4v) is 6.58. The SMILES string of the molecule is NC(CSS(=O)(=O)O)=[NH+]CCC12C[C@@H]3C[C@@H](CC(O)(C3)C1)C2. The van der Waals surface area contributed by atoms with Gasteiger partial charge in [0.1, 0.15) is 5.75 Å². The average molecular weight is 349 g/mol. The lowest BCUT2D eigenvalue weighted by Crippen LogP contribution is -2.77. The third kappa shape index (κ3) is 3.77. The second-order valence-electron chi connectivity index (χ2n) is 7.58. The summed E-state index contributed by atoms with van der Waals surface area (Å²) in [5.74, 6) is 1.75. The predicted octanol–water partition coefficient (Wildman–Crippen LogP) is -0.318. The van der Waals surface area contributed by atoms with Gasteiger partial charge in [-0.1, -0.05) is 0 Å². The normalized spacial score (nSPS) is 41.1. The van der Waals surface area contributed by atoms with Gasteiger partial charge in [0.2, 0.25) is 0 Å². The molecular formula is C14H25N2O4S2+. The van der Waals surface area contributed by atoms with Gasteiger partial charge in [-0.25, -0.2) is 0 Å². The first-order valence-corrected chi connectivity index (χ1v) is 10.8. The molecule has 2 unspecified atom stereocenters. The largest absolute Gasteiger partial charge is 0.390 e. The van der Waals surface area contributed by atoms with Crippen molar-refractivity contribution in [2.45, 2.75) is 50.5 Å². The van der Waals surface area contributed by atoms with E-state index in [1.807, 2.05) is 0 Å². The van der Waals surface area contributed by atoms with Gasteiger partial charge < -0.3 is 5.11 Å². The number of nitrogens with two attached hydrogens (primary N) is 1. The summed E-state index contributed by atoms with van der Waals surface area (Å²) in [4.78, 5) is 3.06. The standard InChI is InChI=1S/C14H24N2O4S2/c15-12(8-21-22(18,19)20)16-2-1-13-4-10-3-11(5-13)7-14(17,6-10)9-13/h10-11,17H,1-9H2,(H2,15,16)(H,18,19,20)/p+1/t10-,11+,13?,14?. The summed E-state index contributed by atoms with van der Waals surface area (Å²) in [6, 6.07) is 0. The molecule has 0 amide bonds. The highest BCUT2D eigenvalue weighted by molar-refractivity contribution is 8.70. The van der Waals surface area contributed by atoms with E-state index in [0.717, 1.165) is 25.7 Å². The van der Waals surface area contributed by atoms with Crippen molar-refractivity contribution in [2.75, 3.05) is 12.3 Å². The van der Waals surface area contributed by atoms with Gasteiger partial charge in [-0.2, -0.15) is 8.42 Å². The first-order chi connectivity index (χ1) is 10.2. The van der Waals surface area contributed by atoms with Crippen LogP contribution in [0.3, 0.4) is 0 Å². The van der Waals surface area contributed by atoms with Crippen LogP contribution in [0.25, 0.3) is 0 Å². The van der Waals surface area contributed by atoms with Crippen LogP contribution in [0, 0.1) is 17.3 Å². The summed E-state index contributed by atoms with van der Waals surface area (Å²) in [6.45, 7) is 0.688. The van der Waals surface area contributed by atoms with Crippen molar-refractivity contribution in [1.29, 1.82) is 0 Å². The molecule has 0 radical (unpaired) electrons. The Hall–Kier alpha value is -0.310. The van der Waals surface area contributed by atoms with Crippen molar-refractivity contribution in [3.8, 4) is 0 Å². The molecule has 22 heavy (non-hydrogen) atoms. The molecule has 4 aliphatic rings. The zero-order valence-electron chi connectivity index (χ0n) is 12.6. The van der Waals surface area contributed by atoms with Gasteiger partial charge >= 0.3 is 9.15 Å². The van der Waals surface area contributed by atoms with Crippen LogP contribution in [0.15, 0.2) is 0 Å². The highest BCUT2D eigenvalue weighted by Gasteiger charge is 2.56. The lowest BCUT2D eigenvalue weighted by atomic mass is 9.47. The van der Waals surface area contributed by atoms with Crippen LogP contribution in [-0.4, -0.2) is 41.8 Å².